The first-order valence-electron chi connectivity index (χ1n) is 7.15. The van der Waals surface area contributed by atoms with Crippen LogP contribution in [0, 0.1) is 6.92 Å². The van der Waals surface area contributed by atoms with E-state index in [0.29, 0.717) is 0 Å². The fourth-order valence-corrected chi connectivity index (χ4v) is 4.17. The van der Waals surface area contributed by atoms with Crippen LogP contribution in [0.25, 0.3) is 0 Å². The molecule has 0 N–H and O–H groups in total. The number of aryl methyl sites for hydroxylation is 1. The lowest BCUT2D eigenvalue weighted by molar-refractivity contribution is 0.0436. The molecule has 2 aliphatic heterocycles. The van der Waals surface area contributed by atoms with Gasteiger partial charge >= 0.3 is 0 Å². The Morgan fingerprint density at radius 3 is 3.06 bits per heavy atom. The minimum Gasteiger partial charge on any atom is -0.298 e. The Morgan fingerprint density at radius 1 is 1.44 bits per heavy atom. The summed E-state index contributed by atoms with van der Waals surface area (Å²) in [7, 11) is 0. The Hall–Kier alpha value is -0.450. The lowest BCUT2D eigenvalue weighted by Gasteiger charge is -2.43. The summed E-state index contributed by atoms with van der Waals surface area (Å²) in [5.41, 5.74) is 1.17. The summed E-state index contributed by atoms with van der Waals surface area (Å²) in [6.07, 6.45) is 4.04. The average Bonchev–Trinajstić information content (AvgIpc) is 2.97. The van der Waals surface area contributed by atoms with Gasteiger partial charge in [0.15, 0.2) is 0 Å². The van der Waals surface area contributed by atoms with Crippen molar-refractivity contribution in [2.75, 3.05) is 19.6 Å². The van der Waals surface area contributed by atoms with E-state index in [9.17, 15) is 0 Å². The van der Waals surface area contributed by atoms with Crippen LogP contribution in [0.4, 0.5) is 0 Å². The molecule has 3 rings (SSSR count). The summed E-state index contributed by atoms with van der Waals surface area (Å²) in [4.78, 5) is 10.00. The topological polar surface area (TPSA) is 19.4 Å². The summed E-state index contributed by atoms with van der Waals surface area (Å²) >= 11 is 1.81. The fourth-order valence-electron chi connectivity index (χ4n) is 3.38. The summed E-state index contributed by atoms with van der Waals surface area (Å²) in [5.74, 6) is 0. The molecule has 0 amide bonds. The van der Waals surface area contributed by atoms with Crippen molar-refractivity contribution in [3.05, 3.63) is 16.1 Å². The number of piperazine rings is 1. The zero-order valence-corrected chi connectivity index (χ0v) is 12.2. The van der Waals surface area contributed by atoms with Gasteiger partial charge in [0.2, 0.25) is 0 Å². The minimum atomic E-state index is 0.726. The molecule has 0 aromatic carbocycles. The maximum absolute atomic E-state index is 4.62. The van der Waals surface area contributed by atoms with Crippen LogP contribution >= 0.6 is 11.3 Å². The monoisotopic (exact) mass is 265 g/mol. The highest BCUT2D eigenvalue weighted by atomic mass is 32.1. The fraction of sp³-hybridized carbons (Fsp3) is 0.786. The quantitative estimate of drug-likeness (QED) is 0.837. The van der Waals surface area contributed by atoms with Crippen molar-refractivity contribution in [3.8, 4) is 0 Å². The van der Waals surface area contributed by atoms with Crippen molar-refractivity contribution >= 4 is 11.3 Å². The number of aromatic nitrogens is 1. The zero-order chi connectivity index (χ0) is 12.5. The van der Waals surface area contributed by atoms with Crippen molar-refractivity contribution in [1.29, 1.82) is 0 Å². The van der Waals surface area contributed by atoms with Crippen LogP contribution in [0.5, 0.6) is 0 Å². The number of nitrogens with zero attached hydrogens (tertiary/aromatic N) is 3. The molecule has 2 saturated heterocycles. The highest BCUT2D eigenvalue weighted by Crippen LogP contribution is 2.27. The number of hydrogen-bond acceptors (Lipinski definition) is 4. The highest BCUT2D eigenvalue weighted by molar-refractivity contribution is 7.09. The molecule has 0 spiro atoms. The molecule has 2 unspecified atom stereocenters. The van der Waals surface area contributed by atoms with Crippen LogP contribution in [-0.4, -0.2) is 46.5 Å². The van der Waals surface area contributed by atoms with Crippen LogP contribution in [0.1, 0.15) is 36.9 Å². The number of rotatable bonds is 3. The molecule has 0 radical (unpaired) electrons. The molecule has 3 nitrogen and oxygen atoms in total. The van der Waals surface area contributed by atoms with Crippen LogP contribution in [-0.2, 0) is 6.54 Å². The van der Waals surface area contributed by atoms with Crippen molar-refractivity contribution in [2.24, 2.45) is 0 Å². The molecule has 18 heavy (non-hydrogen) atoms. The van der Waals surface area contributed by atoms with E-state index in [-0.39, 0.29) is 0 Å². The minimum absolute atomic E-state index is 0.726. The molecule has 1 aromatic heterocycles. The second-order valence-electron chi connectivity index (χ2n) is 5.67. The van der Waals surface area contributed by atoms with E-state index in [1.54, 1.807) is 0 Å². The molecular formula is C14H23N3S. The van der Waals surface area contributed by atoms with Crippen molar-refractivity contribution in [3.63, 3.8) is 0 Å². The second-order valence-corrected chi connectivity index (χ2v) is 6.61. The highest BCUT2D eigenvalue weighted by Gasteiger charge is 2.35. The molecular weight excluding hydrogens is 242 g/mol. The third-order valence-electron chi connectivity index (χ3n) is 4.38. The van der Waals surface area contributed by atoms with Gasteiger partial charge in [-0.05, 0) is 32.7 Å². The van der Waals surface area contributed by atoms with E-state index in [1.165, 1.54) is 49.6 Å². The third kappa shape index (κ3) is 2.46. The lowest BCUT2D eigenvalue weighted by atomic mass is 10.1. The van der Waals surface area contributed by atoms with Gasteiger partial charge in [-0.2, -0.15) is 0 Å². The molecule has 100 valence electrons. The van der Waals surface area contributed by atoms with E-state index in [0.717, 1.165) is 18.6 Å². The molecule has 2 fully saturated rings. The Labute approximate surface area is 114 Å². The third-order valence-corrected chi connectivity index (χ3v) is 5.33. The average molecular weight is 265 g/mol. The maximum Gasteiger partial charge on any atom is 0.107 e. The van der Waals surface area contributed by atoms with Gasteiger partial charge in [-0.1, -0.05) is 6.92 Å². The Morgan fingerprint density at radius 2 is 2.33 bits per heavy atom. The van der Waals surface area contributed by atoms with Gasteiger partial charge in [-0.3, -0.25) is 9.80 Å². The molecule has 0 bridgehead atoms. The molecule has 4 heteroatoms. The van der Waals surface area contributed by atoms with Gasteiger partial charge < -0.3 is 0 Å². The van der Waals surface area contributed by atoms with Crippen LogP contribution in [0.3, 0.4) is 0 Å². The number of thiazole rings is 1. The summed E-state index contributed by atoms with van der Waals surface area (Å²) in [6.45, 7) is 9.31. The largest absolute Gasteiger partial charge is 0.298 e. The summed E-state index contributed by atoms with van der Waals surface area (Å²) in [5, 5.41) is 3.46. The van der Waals surface area contributed by atoms with Crippen molar-refractivity contribution in [1.82, 2.24) is 14.8 Å². The molecule has 2 atom stereocenters. The normalized spacial score (nSPS) is 29.7. The predicted molar refractivity (Wildman–Crippen MR) is 75.9 cm³/mol. The molecule has 0 aliphatic carbocycles. The van der Waals surface area contributed by atoms with Gasteiger partial charge in [0, 0.05) is 36.2 Å². The number of fused-ring (bicyclic) bond motifs is 1. The van der Waals surface area contributed by atoms with E-state index >= 15 is 0 Å². The van der Waals surface area contributed by atoms with E-state index in [4.69, 9.17) is 0 Å². The first-order valence-corrected chi connectivity index (χ1v) is 8.03. The lowest BCUT2D eigenvalue weighted by Crippen LogP contribution is -2.55. The van der Waals surface area contributed by atoms with Crippen LogP contribution in [0.15, 0.2) is 5.38 Å². The Kier molecular flexibility index (Phi) is 3.68. The SMILES string of the molecule is CCC1CN2CCCC2CN1Cc1nc(C)cs1. The Bertz CT molecular complexity index is 403. The van der Waals surface area contributed by atoms with Crippen molar-refractivity contribution in [2.45, 2.75) is 51.7 Å². The summed E-state index contributed by atoms with van der Waals surface area (Å²) < 4.78 is 0. The number of hydrogen-bond donors (Lipinski definition) is 0. The van der Waals surface area contributed by atoms with Gasteiger partial charge in [-0.25, -0.2) is 4.98 Å². The zero-order valence-electron chi connectivity index (χ0n) is 11.4. The molecule has 1 aromatic rings. The maximum atomic E-state index is 4.62. The van der Waals surface area contributed by atoms with E-state index in [2.05, 4.69) is 34.0 Å². The van der Waals surface area contributed by atoms with Gasteiger partial charge in [0.05, 0.1) is 6.54 Å². The van der Waals surface area contributed by atoms with Gasteiger partial charge in [0.1, 0.15) is 5.01 Å². The van der Waals surface area contributed by atoms with Crippen LogP contribution < -0.4 is 0 Å². The smallest absolute Gasteiger partial charge is 0.107 e. The first-order chi connectivity index (χ1) is 8.76. The molecule has 0 saturated carbocycles. The van der Waals surface area contributed by atoms with E-state index in [1.807, 2.05) is 11.3 Å². The van der Waals surface area contributed by atoms with Crippen LogP contribution in [0.2, 0.25) is 0 Å². The predicted octanol–water partition coefficient (Wildman–Crippen LogP) is 2.51. The van der Waals surface area contributed by atoms with E-state index < -0.39 is 0 Å². The summed E-state index contributed by atoms with van der Waals surface area (Å²) in [6, 6.07) is 1.54. The van der Waals surface area contributed by atoms with Crippen molar-refractivity contribution < 1.29 is 0 Å². The molecule has 2 aliphatic rings. The second kappa shape index (κ2) is 5.27. The molecule has 3 heterocycles. The first kappa shape index (κ1) is 12.6. The standard InChI is InChI=1S/C14H23N3S/c1-3-12-7-16-6-4-5-13(16)8-17(12)9-14-15-11(2)10-18-14/h10,12-13H,3-9H2,1-2H3. The van der Waals surface area contributed by atoms with Gasteiger partial charge in [-0.15, -0.1) is 11.3 Å². The Balaban J connectivity index is 1.69. The van der Waals surface area contributed by atoms with Gasteiger partial charge in [0.25, 0.3) is 0 Å².